The van der Waals surface area contributed by atoms with E-state index < -0.39 is 6.16 Å². The van der Waals surface area contributed by atoms with Gasteiger partial charge in [-0.25, -0.2) is 4.79 Å². The van der Waals surface area contributed by atoms with Crippen molar-refractivity contribution >= 4 is 6.16 Å². The van der Waals surface area contributed by atoms with E-state index in [0.717, 1.165) is 32.0 Å². The third-order valence-electron chi connectivity index (χ3n) is 6.01. The third-order valence-corrected chi connectivity index (χ3v) is 6.01. The fourth-order valence-corrected chi connectivity index (χ4v) is 3.96. The molecule has 0 heterocycles. The van der Waals surface area contributed by atoms with Gasteiger partial charge < -0.3 is 19.6 Å². The van der Waals surface area contributed by atoms with E-state index in [4.69, 9.17) is 5.11 Å². The van der Waals surface area contributed by atoms with E-state index in [2.05, 4.69) is 42.2 Å². The Hall–Kier alpha value is -0.810. The molecule has 5 nitrogen and oxygen atoms in total. The molecule has 0 aliphatic rings. The first-order valence-electron chi connectivity index (χ1n) is 12.9. The van der Waals surface area contributed by atoms with E-state index in [-0.39, 0.29) is 0 Å². The number of carboxylic acid groups (broad SMARTS) is 1. The van der Waals surface area contributed by atoms with Gasteiger partial charge in [0.2, 0.25) is 0 Å². The first kappa shape index (κ1) is 29.2. The maximum atomic E-state index is 10.5. The minimum Gasteiger partial charge on any atom is -0.450 e. The van der Waals surface area contributed by atoms with E-state index in [1.807, 2.05) is 0 Å². The first-order chi connectivity index (χ1) is 14.6. The molecule has 1 unspecified atom stereocenters. The minimum absolute atomic E-state index is 0.307. The number of nitrogens with zero attached hydrogens (tertiary/aromatic N) is 2. The molecule has 0 aromatic rings. The fourth-order valence-electron chi connectivity index (χ4n) is 3.96. The molecule has 30 heavy (non-hydrogen) atoms. The molecule has 0 amide bonds. The molecule has 0 saturated carbocycles. The Morgan fingerprint density at radius 1 is 0.733 bits per heavy atom. The lowest BCUT2D eigenvalue weighted by Gasteiger charge is -2.27. The van der Waals surface area contributed by atoms with Gasteiger partial charge in [-0.05, 0) is 70.6 Å². The molecule has 5 heteroatoms. The summed E-state index contributed by atoms with van der Waals surface area (Å²) in [6.45, 7) is 16.4. The summed E-state index contributed by atoms with van der Waals surface area (Å²) in [5.41, 5.74) is 0. The molecule has 0 fully saturated rings. The van der Waals surface area contributed by atoms with Crippen LogP contribution in [-0.2, 0) is 4.74 Å². The van der Waals surface area contributed by atoms with Gasteiger partial charge >= 0.3 is 6.16 Å². The zero-order valence-corrected chi connectivity index (χ0v) is 20.7. The monoisotopic (exact) mass is 428 g/mol. The van der Waals surface area contributed by atoms with Crippen LogP contribution in [0.3, 0.4) is 0 Å². The average molecular weight is 429 g/mol. The molecule has 0 bridgehead atoms. The van der Waals surface area contributed by atoms with Gasteiger partial charge in [-0.3, -0.25) is 0 Å². The topological polar surface area (TPSA) is 53.0 Å². The van der Waals surface area contributed by atoms with Gasteiger partial charge in [0.1, 0.15) is 0 Å². The van der Waals surface area contributed by atoms with E-state index in [1.165, 1.54) is 90.3 Å². The Kier molecular flexibility index (Phi) is 20.8. The molecule has 1 atom stereocenters. The third kappa shape index (κ3) is 18.0. The lowest BCUT2D eigenvalue weighted by molar-refractivity contribution is 0.0859. The molecule has 0 rings (SSSR count). The quantitative estimate of drug-likeness (QED) is 0.154. The Bertz CT molecular complexity index is 371. The van der Waals surface area contributed by atoms with Gasteiger partial charge in [0.05, 0.1) is 6.61 Å². The Labute approximate surface area is 187 Å². The molecular weight excluding hydrogens is 376 g/mol. The van der Waals surface area contributed by atoms with Crippen molar-refractivity contribution < 1.29 is 14.6 Å². The summed E-state index contributed by atoms with van der Waals surface area (Å²) in [7, 11) is 0. The molecule has 180 valence electrons. The molecule has 0 aliphatic carbocycles. The number of hydrogen-bond donors (Lipinski definition) is 1. The van der Waals surface area contributed by atoms with Gasteiger partial charge in [-0.1, -0.05) is 66.2 Å². The molecule has 0 aromatic carbocycles. The van der Waals surface area contributed by atoms with Crippen LogP contribution in [0, 0.1) is 5.92 Å². The van der Waals surface area contributed by atoms with Gasteiger partial charge in [0.15, 0.2) is 0 Å². The first-order valence-corrected chi connectivity index (χ1v) is 12.9. The van der Waals surface area contributed by atoms with Crippen LogP contribution in [0.15, 0.2) is 0 Å². The molecule has 0 radical (unpaired) electrons. The molecular formula is C25H52N2O3. The summed E-state index contributed by atoms with van der Waals surface area (Å²) in [4.78, 5) is 15.7. The van der Waals surface area contributed by atoms with Crippen molar-refractivity contribution in [2.24, 2.45) is 5.92 Å². The van der Waals surface area contributed by atoms with Gasteiger partial charge in [-0.15, -0.1) is 0 Å². The van der Waals surface area contributed by atoms with E-state index in [1.54, 1.807) is 0 Å². The SMILES string of the molecule is CCCCN(CCCC)CCCCCC(CC)CN(CCCC)CCCOC(=O)O. The van der Waals surface area contributed by atoms with Crippen molar-refractivity contribution in [2.75, 3.05) is 45.9 Å². The van der Waals surface area contributed by atoms with Crippen LogP contribution in [0.4, 0.5) is 4.79 Å². The average Bonchev–Trinajstić information content (AvgIpc) is 2.74. The normalized spacial score (nSPS) is 12.6. The molecule has 0 aromatic heterocycles. The second kappa shape index (κ2) is 21.4. The van der Waals surface area contributed by atoms with Crippen molar-refractivity contribution in [3.8, 4) is 0 Å². The lowest BCUT2D eigenvalue weighted by atomic mass is 9.97. The Morgan fingerprint density at radius 2 is 1.27 bits per heavy atom. The lowest BCUT2D eigenvalue weighted by Crippen LogP contribution is -2.32. The predicted octanol–water partition coefficient (Wildman–Crippen LogP) is 6.66. The van der Waals surface area contributed by atoms with Crippen molar-refractivity contribution in [1.82, 2.24) is 9.80 Å². The second-order valence-electron chi connectivity index (χ2n) is 8.79. The van der Waals surface area contributed by atoms with Crippen molar-refractivity contribution in [3.05, 3.63) is 0 Å². The maximum Gasteiger partial charge on any atom is 0.505 e. The molecule has 0 aliphatic heterocycles. The van der Waals surface area contributed by atoms with Crippen LogP contribution < -0.4 is 0 Å². The maximum absolute atomic E-state index is 10.5. The van der Waals surface area contributed by atoms with Crippen molar-refractivity contribution in [2.45, 2.75) is 105 Å². The number of carbonyl (C=O) groups is 1. The van der Waals surface area contributed by atoms with Crippen LogP contribution in [0.1, 0.15) is 105 Å². The smallest absolute Gasteiger partial charge is 0.450 e. The van der Waals surface area contributed by atoms with Crippen molar-refractivity contribution in [1.29, 1.82) is 0 Å². The zero-order valence-electron chi connectivity index (χ0n) is 20.7. The van der Waals surface area contributed by atoms with E-state index >= 15 is 0 Å². The van der Waals surface area contributed by atoms with Gasteiger partial charge in [-0.2, -0.15) is 0 Å². The number of rotatable bonds is 22. The standard InChI is InChI=1S/C25H52N2O3/c1-5-9-17-26(18-10-6-2)20-14-12-13-16-24(8-4)23-27(19-11-7-3)21-15-22-30-25(28)29/h24H,5-23H2,1-4H3,(H,28,29). The highest BCUT2D eigenvalue weighted by Crippen LogP contribution is 2.16. The van der Waals surface area contributed by atoms with Crippen LogP contribution >= 0.6 is 0 Å². The fraction of sp³-hybridized carbons (Fsp3) is 0.960. The molecule has 0 spiro atoms. The van der Waals surface area contributed by atoms with Crippen LogP contribution in [0.25, 0.3) is 0 Å². The summed E-state index contributed by atoms with van der Waals surface area (Å²) in [6, 6.07) is 0. The largest absolute Gasteiger partial charge is 0.505 e. The van der Waals surface area contributed by atoms with Crippen molar-refractivity contribution in [3.63, 3.8) is 0 Å². The highest BCUT2D eigenvalue weighted by molar-refractivity contribution is 5.56. The van der Waals surface area contributed by atoms with E-state index in [9.17, 15) is 4.79 Å². The summed E-state index contributed by atoms with van der Waals surface area (Å²) in [5.74, 6) is 0.749. The Morgan fingerprint density at radius 3 is 1.80 bits per heavy atom. The summed E-state index contributed by atoms with van der Waals surface area (Å²) < 4.78 is 4.67. The number of hydrogen-bond acceptors (Lipinski definition) is 4. The highest BCUT2D eigenvalue weighted by atomic mass is 16.7. The summed E-state index contributed by atoms with van der Waals surface area (Å²) in [5, 5.41) is 8.62. The zero-order chi connectivity index (χ0) is 22.5. The second-order valence-corrected chi connectivity index (χ2v) is 8.79. The summed E-state index contributed by atoms with van der Waals surface area (Å²) >= 11 is 0. The number of unbranched alkanes of at least 4 members (excludes halogenated alkanes) is 5. The van der Waals surface area contributed by atoms with E-state index in [0.29, 0.717) is 6.61 Å². The van der Waals surface area contributed by atoms with Gasteiger partial charge in [0, 0.05) is 13.1 Å². The highest BCUT2D eigenvalue weighted by Gasteiger charge is 2.13. The van der Waals surface area contributed by atoms with Gasteiger partial charge in [0.25, 0.3) is 0 Å². The number of ether oxygens (including phenoxy) is 1. The van der Waals surface area contributed by atoms with Crippen LogP contribution in [-0.4, -0.2) is 66.9 Å². The predicted molar refractivity (Wildman–Crippen MR) is 128 cm³/mol. The van der Waals surface area contributed by atoms with Crippen LogP contribution in [0.2, 0.25) is 0 Å². The van der Waals surface area contributed by atoms with Crippen LogP contribution in [0.5, 0.6) is 0 Å². The summed E-state index contributed by atoms with van der Waals surface area (Å²) in [6.07, 6.45) is 13.8. The Balaban J connectivity index is 4.18. The molecule has 1 N–H and O–H groups in total. The molecule has 0 saturated heterocycles. The minimum atomic E-state index is -1.16.